The number of anilines is 6. The Labute approximate surface area is 314 Å². The Morgan fingerprint density at radius 3 is 0.849 bits per heavy atom. The molecule has 0 aliphatic heterocycles. The Morgan fingerprint density at radius 1 is 0.358 bits per heavy atom. The summed E-state index contributed by atoms with van der Waals surface area (Å²) in [5, 5.41) is 0. The molecule has 1 aliphatic carbocycles. The van der Waals surface area contributed by atoms with Gasteiger partial charge in [-0.1, -0.05) is 74.5 Å². The van der Waals surface area contributed by atoms with Gasteiger partial charge in [0.1, 0.15) is 0 Å². The van der Waals surface area contributed by atoms with Crippen molar-refractivity contribution in [3.05, 3.63) is 167 Å². The van der Waals surface area contributed by atoms with Crippen molar-refractivity contribution < 1.29 is 18.9 Å². The SMILES string of the molecule is COCc1ccc(N(c2ccc(COC)cc2)c2ccc3c(c2)C(C)(C)c2cc(N(c4ccc(COC)cc4)c4ccc(COC)cc4)ccc2-3)cc1. The minimum absolute atomic E-state index is 0.247. The van der Waals surface area contributed by atoms with Crippen LogP contribution < -0.4 is 9.80 Å². The van der Waals surface area contributed by atoms with E-state index in [2.05, 4.69) is 157 Å². The standard InChI is InChI=1S/C47H48N2O4/c1-47(2)45-27-41(48(37-15-7-33(8-16-37)29-50-3)38-17-9-34(10-18-38)30-51-4)23-25-43(45)44-26-24-42(28-46(44)47)49(39-19-11-35(12-20-39)31-52-5)40-21-13-36(14-22-40)32-53-6/h7-28H,29-32H2,1-6H3. The minimum Gasteiger partial charge on any atom is -0.380 e. The number of hydrogen-bond acceptors (Lipinski definition) is 6. The van der Waals surface area contributed by atoms with Crippen molar-refractivity contribution in [1.82, 2.24) is 0 Å². The number of hydrogen-bond donors (Lipinski definition) is 0. The lowest BCUT2D eigenvalue weighted by molar-refractivity contribution is 0.185. The highest BCUT2D eigenvalue weighted by Crippen LogP contribution is 2.52. The van der Waals surface area contributed by atoms with E-state index in [0.29, 0.717) is 26.4 Å². The second-order valence-electron chi connectivity index (χ2n) is 14.2. The van der Waals surface area contributed by atoms with Crippen LogP contribution in [0.3, 0.4) is 0 Å². The van der Waals surface area contributed by atoms with Gasteiger partial charge in [-0.2, -0.15) is 0 Å². The van der Waals surface area contributed by atoms with Crippen molar-refractivity contribution in [2.45, 2.75) is 45.7 Å². The van der Waals surface area contributed by atoms with Gasteiger partial charge < -0.3 is 28.7 Å². The number of methoxy groups -OCH3 is 4. The first-order chi connectivity index (χ1) is 25.8. The normalized spacial score (nSPS) is 12.7. The number of rotatable bonds is 14. The van der Waals surface area contributed by atoms with Gasteiger partial charge in [0.2, 0.25) is 0 Å². The van der Waals surface area contributed by atoms with Gasteiger partial charge in [0.15, 0.2) is 0 Å². The first kappa shape index (κ1) is 36.1. The summed E-state index contributed by atoms with van der Waals surface area (Å²) in [6.45, 7) is 7.00. The molecule has 0 bridgehead atoms. The van der Waals surface area contributed by atoms with Crippen LogP contribution in [0.2, 0.25) is 0 Å². The predicted octanol–water partition coefficient (Wildman–Crippen LogP) is 11.5. The predicted molar refractivity (Wildman–Crippen MR) is 216 cm³/mol. The molecule has 6 aromatic carbocycles. The molecule has 53 heavy (non-hydrogen) atoms. The van der Waals surface area contributed by atoms with Crippen LogP contribution in [0.15, 0.2) is 133 Å². The molecule has 7 rings (SSSR count). The van der Waals surface area contributed by atoms with E-state index in [1.165, 1.54) is 22.3 Å². The van der Waals surface area contributed by atoms with Crippen molar-refractivity contribution >= 4 is 34.1 Å². The summed E-state index contributed by atoms with van der Waals surface area (Å²) in [6.07, 6.45) is 0. The molecule has 0 saturated carbocycles. The lowest BCUT2D eigenvalue weighted by atomic mass is 9.82. The number of nitrogens with zero attached hydrogens (tertiary/aromatic N) is 2. The second-order valence-corrected chi connectivity index (χ2v) is 14.2. The van der Waals surface area contributed by atoms with E-state index < -0.39 is 0 Å². The van der Waals surface area contributed by atoms with E-state index in [9.17, 15) is 0 Å². The van der Waals surface area contributed by atoms with Gasteiger partial charge in [-0.25, -0.2) is 0 Å². The Hall–Kier alpha value is -5.24. The van der Waals surface area contributed by atoms with Crippen LogP contribution in [0.4, 0.5) is 34.1 Å². The fourth-order valence-electron chi connectivity index (χ4n) is 7.52. The molecule has 0 amide bonds. The fourth-order valence-corrected chi connectivity index (χ4v) is 7.52. The van der Waals surface area contributed by atoms with Crippen molar-refractivity contribution in [2.75, 3.05) is 38.2 Å². The molecule has 0 unspecified atom stereocenters. The average molecular weight is 705 g/mol. The van der Waals surface area contributed by atoms with E-state index in [0.717, 1.165) is 56.4 Å². The quantitative estimate of drug-likeness (QED) is 0.112. The van der Waals surface area contributed by atoms with Crippen LogP contribution in [0, 0.1) is 0 Å². The molecule has 1 aliphatic rings. The molecule has 0 saturated heterocycles. The van der Waals surface area contributed by atoms with Gasteiger partial charge in [0.05, 0.1) is 26.4 Å². The molecule has 0 radical (unpaired) electrons. The van der Waals surface area contributed by atoms with Crippen molar-refractivity contribution in [2.24, 2.45) is 0 Å². The molecule has 6 aromatic rings. The van der Waals surface area contributed by atoms with E-state index in [-0.39, 0.29) is 5.41 Å². The molecular weight excluding hydrogens is 657 g/mol. The molecule has 0 atom stereocenters. The van der Waals surface area contributed by atoms with Gasteiger partial charge in [-0.15, -0.1) is 0 Å². The van der Waals surface area contributed by atoms with Gasteiger partial charge in [-0.05, 0) is 117 Å². The Bertz CT molecular complexity index is 1890. The highest BCUT2D eigenvalue weighted by molar-refractivity contribution is 5.88. The summed E-state index contributed by atoms with van der Waals surface area (Å²) >= 11 is 0. The topological polar surface area (TPSA) is 43.4 Å². The average Bonchev–Trinajstić information content (AvgIpc) is 3.40. The smallest absolute Gasteiger partial charge is 0.0713 e. The molecule has 0 heterocycles. The Morgan fingerprint density at radius 2 is 0.604 bits per heavy atom. The maximum absolute atomic E-state index is 5.40. The molecule has 6 nitrogen and oxygen atoms in total. The maximum atomic E-state index is 5.40. The van der Waals surface area contributed by atoms with Gasteiger partial charge in [0, 0.05) is 68.0 Å². The summed E-state index contributed by atoms with van der Waals surface area (Å²) < 4.78 is 21.6. The lowest BCUT2D eigenvalue weighted by Gasteiger charge is -2.29. The van der Waals surface area contributed by atoms with Crippen LogP contribution in [0.1, 0.15) is 47.2 Å². The summed E-state index contributed by atoms with van der Waals surface area (Å²) in [7, 11) is 6.92. The van der Waals surface area contributed by atoms with E-state index in [1.807, 2.05) is 0 Å². The highest BCUT2D eigenvalue weighted by atomic mass is 16.5. The zero-order chi connectivity index (χ0) is 37.0. The van der Waals surface area contributed by atoms with Crippen LogP contribution >= 0.6 is 0 Å². The largest absolute Gasteiger partial charge is 0.380 e. The summed E-state index contributed by atoms with van der Waals surface area (Å²) in [6, 6.07) is 48.4. The van der Waals surface area contributed by atoms with E-state index >= 15 is 0 Å². The molecule has 0 fully saturated rings. The number of benzene rings is 6. The first-order valence-corrected chi connectivity index (χ1v) is 18.1. The van der Waals surface area contributed by atoms with Gasteiger partial charge in [-0.3, -0.25) is 0 Å². The van der Waals surface area contributed by atoms with Crippen molar-refractivity contribution in [3.8, 4) is 11.1 Å². The third-order valence-electron chi connectivity index (χ3n) is 10.2. The van der Waals surface area contributed by atoms with Gasteiger partial charge >= 0.3 is 0 Å². The van der Waals surface area contributed by atoms with E-state index in [1.54, 1.807) is 28.4 Å². The van der Waals surface area contributed by atoms with E-state index in [4.69, 9.17) is 18.9 Å². The number of ether oxygens (including phenoxy) is 4. The second kappa shape index (κ2) is 15.8. The summed E-state index contributed by atoms with van der Waals surface area (Å²) in [5.74, 6) is 0. The number of fused-ring (bicyclic) bond motifs is 3. The third-order valence-corrected chi connectivity index (χ3v) is 10.2. The molecule has 6 heteroatoms. The van der Waals surface area contributed by atoms with Crippen LogP contribution in [-0.4, -0.2) is 28.4 Å². The zero-order valence-electron chi connectivity index (χ0n) is 31.6. The van der Waals surface area contributed by atoms with Crippen molar-refractivity contribution in [1.29, 1.82) is 0 Å². The Kier molecular flexibility index (Phi) is 10.8. The monoisotopic (exact) mass is 704 g/mol. The Balaban J connectivity index is 1.29. The maximum Gasteiger partial charge on any atom is 0.0713 e. The first-order valence-electron chi connectivity index (χ1n) is 18.1. The molecule has 0 aromatic heterocycles. The van der Waals surface area contributed by atoms with Gasteiger partial charge in [0.25, 0.3) is 0 Å². The molecule has 0 spiro atoms. The summed E-state index contributed by atoms with van der Waals surface area (Å²) in [4.78, 5) is 4.67. The van der Waals surface area contributed by atoms with Crippen LogP contribution in [-0.2, 0) is 50.8 Å². The zero-order valence-corrected chi connectivity index (χ0v) is 31.6. The molecule has 270 valence electrons. The lowest BCUT2D eigenvalue weighted by Crippen LogP contribution is -2.17. The van der Waals surface area contributed by atoms with Crippen LogP contribution in [0.5, 0.6) is 0 Å². The van der Waals surface area contributed by atoms with Crippen molar-refractivity contribution in [3.63, 3.8) is 0 Å². The highest BCUT2D eigenvalue weighted by Gasteiger charge is 2.37. The van der Waals surface area contributed by atoms with Crippen LogP contribution in [0.25, 0.3) is 11.1 Å². The minimum atomic E-state index is -0.247. The molecule has 0 N–H and O–H groups in total. The third kappa shape index (κ3) is 7.37. The molecular formula is C47H48N2O4. The summed E-state index contributed by atoms with van der Waals surface area (Å²) in [5.41, 5.74) is 16.0. The fraction of sp³-hybridized carbons (Fsp3) is 0.234.